The summed E-state index contributed by atoms with van der Waals surface area (Å²) in [5.41, 5.74) is 5.67. The van der Waals surface area contributed by atoms with Gasteiger partial charge in [0.15, 0.2) is 0 Å². The Kier molecular flexibility index (Phi) is 4.18. The molecule has 2 aromatic carbocycles. The number of rotatable bonds is 3. The van der Waals surface area contributed by atoms with Gasteiger partial charge in [-0.1, -0.05) is 35.9 Å². The second-order valence-corrected chi connectivity index (χ2v) is 6.36. The minimum Gasteiger partial charge on any atom is -0.130 e. The Hall–Kier alpha value is -1.18. The van der Waals surface area contributed by atoms with Crippen LogP contribution in [0, 0.1) is 0 Å². The van der Waals surface area contributed by atoms with Crippen LogP contribution in [0.5, 0.6) is 0 Å². The van der Waals surface area contributed by atoms with E-state index >= 15 is 0 Å². The van der Waals surface area contributed by atoms with Gasteiger partial charge in [-0.15, -0.1) is 11.8 Å². The molecule has 2 aromatic rings. The van der Waals surface area contributed by atoms with Gasteiger partial charge in [-0.25, -0.2) is 0 Å². The highest BCUT2D eigenvalue weighted by molar-refractivity contribution is 7.98. The average molecular weight is 301 g/mol. The maximum atomic E-state index is 5.99. The summed E-state index contributed by atoms with van der Waals surface area (Å²) in [4.78, 5) is 1.32. The lowest BCUT2D eigenvalue weighted by Gasteiger charge is -2.09. The highest BCUT2D eigenvalue weighted by Gasteiger charge is 2.17. The normalized spacial score (nSPS) is 14.9. The molecule has 1 aliphatic rings. The highest BCUT2D eigenvalue weighted by Crippen LogP contribution is 2.40. The summed E-state index contributed by atoms with van der Waals surface area (Å²) in [6, 6.07) is 17.2. The summed E-state index contributed by atoms with van der Waals surface area (Å²) in [6.45, 7) is 0. The summed E-state index contributed by atoms with van der Waals surface area (Å²) in [5, 5.41) is 0.804. The van der Waals surface area contributed by atoms with Gasteiger partial charge in [0.25, 0.3) is 0 Å². The molecule has 0 atom stereocenters. The summed E-state index contributed by atoms with van der Waals surface area (Å²) < 4.78 is 0. The fourth-order valence-corrected chi connectivity index (χ4v) is 3.36. The minimum absolute atomic E-state index is 0.804. The molecule has 102 valence electrons. The molecule has 20 heavy (non-hydrogen) atoms. The van der Waals surface area contributed by atoms with Crippen LogP contribution in [0.1, 0.15) is 30.4 Å². The Labute approximate surface area is 129 Å². The lowest BCUT2D eigenvalue weighted by Crippen LogP contribution is -1.86. The summed E-state index contributed by atoms with van der Waals surface area (Å²) in [7, 11) is 0. The van der Waals surface area contributed by atoms with Crippen LogP contribution in [0.15, 0.2) is 53.4 Å². The van der Waals surface area contributed by atoms with Crippen LogP contribution in [0.4, 0.5) is 0 Å². The summed E-state index contributed by atoms with van der Waals surface area (Å²) in [5.74, 6) is 0. The minimum atomic E-state index is 0.804. The number of allylic oxidation sites excluding steroid dienone is 2. The predicted molar refractivity (Wildman–Crippen MR) is 90.3 cm³/mol. The summed E-state index contributed by atoms with van der Waals surface area (Å²) >= 11 is 7.77. The van der Waals surface area contributed by atoms with Crippen molar-refractivity contribution < 1.29 is 0 Å². The predicted octanol–water partition coefficient (Wildman–Crippen LogP) is 6.16. The van der Waals surface area contributed by atoms with Crippen molar-refractivity contribution in [3.05, 3.63) is 64.7 Å². The molecule has 0 heterocycles. The number of hydrogen-bond donors (Lipinski definition) is 0. The molecule has 0 radical (unpaired) electrons. The molecule has 0 aromatic heterocycles. The van der Waals surface area contributed by atoms with Gasteiger partial charge < -0.3 is 0 Å². The first kappa shape index (κ1) is 13.8. The van der Waals surface area contributed by atoms with Crippen LogP contribution in [0.2, 0.25) is 5.02 Å². The van der Waals surface area contributed by atoms with Crippen molar-refractivity contribution in [1.29, 1.82) is 0 Å². The van der Waals surface area contributed by atoms with Gasteiger partial charge in [0.05, 0.1) is 0 Å². The highest BCUT2D eigenvalue weighted by atomic mass is 35.5. The van der Waals surface area contributed by atoms with Crippen LogP contribution in [-0.4, -0.2) is 6.26 Å². The maximum Gasteiger partial charge on any atom is 0.0406 e. The Morgan fingerprint density at radius 1 is 0.800 bits per heavy atom. The molecule has 0 nitrogen and oxygen atoms in total. The first-order valence-corrected chi connectivity index (χ1v) is 8.50. The van der Waals surface area contributed by atoms with Crippen LogP contribution in [0.3, 0.4) is 0 Å². The largest absolute Gasteiger partial charge is 0.130 e. The molecular weight excluding hydrogens is 284 g/mol. The molecule has 0 amide bonds. The SMILES string of the molecule is CSc1ccc(C2=C(c3ccc(Cl)cc3)CCC2)cc1. The molecule has 0 fully saturated rings. The van der Waals surface area contributed by atoms with E-state index in [1.54, 1.807) is 11.8 Å². The lowest BCUT2D eigenvalue weighted by molar-refractivity contribution is 0.941. The monoisotopic (exact) mass is 300 g/mol. The van der Waals surface area contributed by atoms with Crippen molar-refractivity contribution in [1.82, 2.24) is 0 Å². The van der Waals surface area contributed by atoms with Gasteiger partial charge in [-0.3, -0.25) is 0 Å². The Morgan fingerprint density at radius 2 is 1.30 bits per heavy atom. The second-order valence-electron chi connectivity index (χ2n) is 5.05. The number of thioether (sulfide) groups is 1. The van der Waals surface area contributed by atoms with E-state index in [0.29, 0.717) is 0 Å². The molecule has 2 heteroatoms. The van der Waals surface area contributed by atoms with Crippen LogP contribution in [0.25, 0.3) is 11.1 Å². The number of hydrogen-bond acceptors (Lipinski definition) is 1. The molecule has 0 saturated carbocycles. The van der Waals surface area contributed by atoms with E-state index in [9.17, 15) is 0 Å². The molecule has 0 saturated heterocycles. The van der Waals surface area contributed by atoms with E-state index in [0.717, 1.165) is 5.02 Å². The Morgan fingerprint density at radius 3 is 1.80 bits per heavy atom. The zero-order valence-corrected chi connectivity index (χ0v) is 13.1. The Bertz CT molecular complexity index is 623. The lowest BCUT2D eigenvalue weighted by atomic mass is 9.97. The number of halogens is 1. The van der Waals surface area contributed by atoms with Crippen LogP contribution >= 0.6 is 23.4 Å². The first-order chi connectivity index (χ1) is 9.78. The quantitative estimate of drug-likeness (QED) is 0.612. The van der Waals surface area contributed by atoms with Crippen LogP contribution < -0.4 is 0 Å². The zero-order valence-electron chi connectivity index (χ0n) is 11.5. The van der Waals surface area contributed by atoms with Crippen molar-refractivity contribution in [2.75, 3.05) is 6.26 Å². The fourth-order valence-electron chi connectivity index (χ4n) is 2.82. The topological polar surface area (TPSA) is 0 Å². The standard InChI is InChI=1S/C18H17ClS/c1-20-16-11-7-14(8-12-16)18-4-2-3-17(18)13-5-9-15(19)10-6-13/h5-12H,2-4H2,1H3. The first-order valence-electron chi connectivity index (χ1n) is 6.90. The van der Waals surface area contributed by atoms with E-state index < -0.39 is 0 Å². The van der Waals surface area contributed by atoms with Crippen molar-refractivity contribution >= 4 is 34.5 Å². The maximum absolute atomic E-state index is 5.99. The van der Waals surface area contributed by atoms with Gasteiger partial charge in [-0.05, 0) is 72.1 Å². The van der Waals surface area contributed by atoms with Gasteiger partial charge in [0, 0.05) is 9.92 Å². The molecule has 0 unspecified atom stereocenters. The van der Waals surface area contributed by atoms with Crippen molar-refractivity contribution in [3.8, 4) is 0 Å². The third-order valence-corrected chi connectivity index (χ3v) is 4.84. The van der Waals surface area contributed by atoms with Gasteiger partial charge in [0.2, 0.25) is 0 Å². The fraction of sp³-hybridized carbons (Fsp3) is 0.222. The van der Waals surface area contributed by atoms with Crippen molar-refractivity contribution in [3.63, 3.8) is 0 Å². The molecule has 1 aliphatic carbocycles. The van der Waals surface area contributed by atoms with Crippen molar-refractivity contribution in [2.24, 2.45) is 0 Å². The Balaban J connectivity index is 2.00. The molecule has 0 bridgehead atoms. The number of benzene rings is 2. The third-order valence-electron chi connectivity index (χ3n) is 3.85. The smallest absolute Gasteiger partial charge is 0.0406 e. The summed E-state index contributed by atoms with van der Waals surface area (Å²) in [6.07, 6.45) is 5.71. The van der Waals surface area contributed by atoms with E-state index in [1.807, 2.05) is 12.1 Å². The van der Waals surface area contributed by atoms with Crippen molar-refractivity contribution in [2.45, 2.75) is 24.2 Å². The van der Waals surface area contributed by atoms with Gasteiger partial charge in [0.1, 0.15) is 0 Å². The van der Waals surface area contributed by atoms with E-state index in [-0.39, 0.29) is 0 Å². The molecule has 0 aliphatic heterocycles. The molecule has 0 spiro atoms. The van der Waals surface area contributed by atoms with E-state index in [4.69, 9.17) is 11.6 Å². The zero-order chi connectivity index (χ0) is 13.9. The van der Waals surface area contributed by atoms with Gasteiger partial charge >= 0.3 is 0 Å². The molecule has 0 N–H and O–H groups in total. The average Bonchev–Trinajstić information content (AvgIpc) is 2.97. The van der Waals surface area contributed by atoms with E-state index in [1.165, 1.54) is 46.4 Å². The second kappa shape index (κ2) is 6.07. The molecule has 3 rings (SSSR count). The third kappa shape index (κ3) is 2.79. The van der Waals surface area contributed by atoms with Crippen LogP contribution in [-0.2, 0) is 0 Å². The van der Waals surface area contributed by atoms with Gasteiger partial charge in [-0.2, -0.15) is 0 Å². The molecular formula is C18H17ClS. The van der Waals surface area contributed by atoms with E-state index in [2.05, 4.69) is 42.7 Å².